The molecule has 0 spiro atoms. The predicted octanol–water partition coefficient (Wildman–Crippen LogP) is 2.50. The van der Waals surface area contributed by atoms with Gasteiger partial charge in [0.1, 0.15) is 5.75 Å². The lowest BCUT2D eigenvalue weighted by molar-refractivity contribution is -0.134. The summed E-state index contributed by atoms with van der Waals surface area (Å²) < 4.78 is 5.69. The summed E-state index contributed by atoms with van der Waals surface area (Å²) in [6.45, 7) is 5.28. The fourth-order valence-electron chi connectivity index (χ4n) is 3.23. The average Bonchev–Trinajstić information content (AvgIpc) is 2.68. The van der Waals surface area contributed by atoms with Crippen LogP contribution in [0.3, 0.4) is 0 Å². The summed E-state index contributed by atoms with van der Waals surface area (Å²) in [6, 6.07) is 9.47. The molecule has 1 aromatic heterocycles. The average molecular weight is 367 g/mol. The van der Waals surface area contributed by atoms with Gasteiger partial charge in [-0.05, 0) is 50.5 Å². The molecule has 1 N–H and O–H groups in total. The Bertz CT molecular complexity index is 800. The zero-order chi connectivity index (χ0) is 19.2. The van der Waals surface area contributed by atoms with E-state index in [1.165, 1.54) is 5.56 Å². The van der Waals surface area contributed by atoms with Gasteiger partial charge in [-0.2, -0.15) is 0 Å². The van der Waals surface area contributed by atoms with Crippen LogP contribution in [0, 0.1) is 13.8 Å². The maximum absolute atomic E-state index is 12.4. The number of hydrogen-bond donors (Lipinski definition) is 1. The number of carbonyl (C=O) groups is 2. The Morgan fingerprint density at radius 2 is 2.00 bits per heavy atom. The highest BCUT2D eigenvalue weighted by atomic mass is 16.5. The van der Waals surface area contributed by atoms with Crippen molar-refractivity contribution in [3.63, 3.8) is 0 Å². The van der Waals surface area contributed by atoms with E-state index in [0.29, 0.717) is 18.7 Å². The van der Waals surface area contributed by atoms with Crippen LogP contribution in [0.25, 0.3) is 0 Å². The lowest BCUT2D eigenvalue weighted by Gasteiger charge is -2.32. The van der Waals surface area contributed by atoms with E-state index in [2.05, 4.69) is 10.3 Å². The number of nitrogens with one attached hydrogen (secondary N) is 1. The van der Waals surface area contributed by atoms with E-state index >= 15 is 0 Å². The number of likely N-dealkylation sites (tertiary alicyclic amines) is 1. The molecular formula is C21H25N3O3. The zero-order valence-electron chi connectivity index (χ0n) is 15.8. The van der Waals surface area contributed by atoms with Crippen molar-refractivity contribution in [3.8, 4) is 5.75 Å². The SMILES string of the molecule is Cc1ccc(OCC(=O)N2CCC(NC(=O)c3cccnc3)CC2)c(C)c1. The fourth-order valence-corrected chi connectivity index (χ4v) is 3.23. The molecule has 0 aliphatic carbocycles. The highest BCUT2D eigenvalue weighted by molar-refractivity contribution is 5.94. The van der Waals surface area contributed by atoms with E-state index in [1.807, 2.05) is 32.0 Å². The van der Waals surface area contributed by atoms with Crippen molar-refractivity contribution in [2.45, 2.75) is 32.7 Å². The van der Waals surface area contributed by atoms with Crippen LogP contribution in [-0.4, -0.2) is 47.4 Å². The monoisotopic (exact) mass is 367 g/mol. The number of rotatable bonds is 5. The second-order valence-electron chi connectivity index (χ2n) is 6.93. The first-order valence-electron chi connectivity index (χ1n) is 9.21. The molecule has 0 radical (unpaired) electrons. The summed E-state index contributed by atoms with van der Waals surface area (Å²) in [4.78, 5) is 30.4. The molecule has 1 saturated heterocycles. The van der Waals surface area contributed by atoms with Crippen LogP contribution in [0.15, 0.2) is 42.7 Å². The van der Waals surface area contributed by atoms with Gasteiger partial charge in [0.25, 0.3) is 11.8 Å². The minimum atomic E-state index is -0.119. The molecular weight excluding hydrogens is 342 g/mol. The van der Waals surface area contributed by atoms with Gasteiger partial charge < -0.3 is 15.0 Å². The molecule has 1 aliphatic rings. The van der Waals surface area contributed by atoms with Gasteiger partial charge in [-0.15, -0.1) is 0 Å². The van der Waals surface area contributed by atoms with E-state index in [-0.39, 0.29) is 24.5 Å². The fraction of sp³-hybridized carbons (Fsp3) is 0.381. The van der Waals surface area contributed by atoms with E-state index in [1.54, 1.807) is 29.4 Å². The normalized spacial score (nSPS) is 14.7. The first-order valence-corrected chi connectivity index (χ1v) is 9.21. The molecule has 3 rings (SSSR count). The third-order valence-corrected chi connectivity index (χ3v) is 4.79. The van der Waals surface area contributed by atoms with Gasteiger partial charge in [-0.1, -0.05) is 17.7 Å². The summed E-state index contributed by atoms with van der Waals surface area (Å²) >= 11 is 0. The second-order valence-corrected chi connectivity index (χ2v) is 6.93. The molecule has 6 nitrogen and oxygen atoms in total. The van der Waals surface area contributed by atoms with Crippen molar-refractivity contribution in [2.75, 3.05) is 19.7 Å². The highest BCUT2D eigenvalue weighted by Crippen LogP contribution is 2.19. The molecule has 1 fully saturated rings. The smallest absolute Gasteiger partial charge is 0.260 e. The van der Waals surface area contributed by atoms with Gasteiger partial charge in [0.2, 0.25) is 0 Å². The predicted molar refractivity (Wildman–Crippen MR) is 103 cm³/mol. The van der Waals surface area contributed by atoms with Gasteiger partial charge in [0.05, 0.1) is 5.56 Å². The molecule has 1 aliphatic heterocycles. The Balaban J connectivity index is 1.44. The number of piperidine rings is 1. The number of carbonyl (C=O) groups excluding carboxylic acids is 2. The number of hydrogen-bond acceptors (Lipinski definition) is 4. The number of aryl methyl sites for hydroxylation is 2. The maximum Gasteiger partial charge on any atom is 0.260 e. The van der Waals surface area contributed by atoms with E-state index < -0.39 is 0 Å². The van der Waals surface area contributed by atoms with Crippen LogP contribution in [0.4, 0.5) is 0 Å². The molecule has 0 bridgehead atoms. The minimum Gasteiger partial charge on any atom is -0.484 e. The van der Waals surface area contributed by atoms with Gasteiger partial charge in [0.15, 0.2) is 6.61 Å². The molecule has 2 aromatic rings. The molecule has 6 heteroatoms. The molecule has 2 amide bonds. The Morgan fingerprint density at radius 1 is 1.22 bits per heavy atom. The Hall–Kier alpha value is -2.89. The number of benzene rings is 1. The van der Waals surface area contributed by atoms with Crippen LogP contribution >= 0.6 is 0 Å². The van der Waals surface area contributed by atoms with Crippen molar-refractivity contribution in [2.24, 2.45) is 0 Å². The summed E-state index contributed by atoms with van der Waals surface area (Å²) in [6.07, 6.45) is 4.67. The van der Waals surface area contributed by atoms with Gasteiger partial charge >= 0.3 is 0 Å². The molecule has 1 aromatic carbocycles. The minimum absolute atomic E-state index is 0.0213. The maximum atomic E-state index is 12.4. The standard InChI is InChI=1S/C21H25N3O3/c1-15-5-6-19(16(2)12-15)27-14-20(25)24-10-7-18(8-11-24)23-21(26)17-4-3-9-22-13-17/h3-6,9,12-13,18H,7-8,10-11,14H2,1-2H3,(H,23,26). The molecule has 0 atom stereocenters. The topological polar surface area (TPSA) is 71.5 Å². The number of pyridine rings is 1. The number of amides is 2. The Labute approximate surface area is 159 Å². The lowest BCUT2D eigenvalue weighted by Crippen LogP contribution is -2.47. The van der Waals surface area contributed by atoms with Crippen molar-refractivity contribution in [3.05, 3.63) is 59.4 Å². The second kappa shape index (κ2) is 8.66. The first-order chi connectivity index (χ1) is 13.0. The summed E-state index contributed by atoms with van der Waals surface area (Å²) in [7, 11) is 0. The third kappa shape index (κ3) is 5.06. The Kier molecular flexibility index (Phi) is 6.06. The van der Waals surface area contributed by atoms with Crippen molar-refractivity contribution >= 4 is 11.8 Å². The van der Waals surface area contributed by atoms with Crippen molar-refractivity contribution < 1.29 is 14.3 Å². The number of ether oxygens (including phenoxy) is 1. The van der Waals surface area contributed by atoms with Gasteiger partial charge in [-0.25, -0.2) is 0 Å². The number of nitrogens with zero attached hydrogens (tertiary/aromatic N) is 2. The van der Waals surface area contributed by atoms with Crippen LogP contribution in [0.1, 0.15) is 34.3 Å². The summed E-state index contributed by atoms with van der Waals surface area (Å²) in [5.41, 5.74) is 2.75. The molecule has 0 saturated carbocycles. The summed E-state index contributed by atoms with van der Waals surface area (Å²) in [5.74, 6) is 0.602. The van der Waals surface area contributed by atoms with Crippen molar-refractivity contribution in [1.82, 2.24) is 15.2 Å². The van der Waals surface area contributed by atoms with Gasteiger partial charge in [0, 0.05) is 31.5 Å². The Morgan fingerprint density at radius 3 is 2.67 bits per heavy atom. The molecule has 142 valence electrons. The zero-order valence-corrected chi connectivity index (χ0v) is 15.8. The largest absolute Gasteiger partial charge is 0.484 e. The highest BCUT2D eigenvalue weighted by Gasteiger charge is 2.24. The van der Waals surface area contributed by atoms with Crippen LogP contribution in [-0.2, 0) is 4.79 Å². The molecule has 2 heterocycles. The molecule has 0 unspecified atom stereocenters. The summed E-state index contributed by atoms with van der Waals surface area (Å²) in [5, 5.41) is 3.02. The number of aromatic nitrogens is 1. The van der Waals surface area contributed by atoms with Gasteiger partial charge in [-0.3, -0.25) is 14.6 Å². The lowest BCUT2D eigenvalue weighted by atomic mass is 10.0. The molecule has 27 heavy (non-hydrogen) atoms. The quantitative estimate of drug-likeness (QED) is 0.881. The van der Waals surface area contributed by atoms with E-state index in [0.717, 1.165) is 24.2 Å². The van der Waals surface area contributed by atoms with E-state index in [9.17, 15) is 9.59 Å². The van der Waals surface area contributed by atoms with Crippen LogP contribution in [0.2, 0.25) is 0 Å². The van der Waals surface area contributed by atoms with Crippen LogP contribution in [0.5, 0.6) is 5.75 Å². The first kappa shape index (κ1) is 18.9. The van der Waals surface area contributed by atoms with Crippen molar-refractivity contribution in [1.29, 1.82) is 0 Å². The third-order valence-electron chi connectivity index (χ3n) is 4.79. The van der Waals surface area contributed by atoms with Crippen LogP contribution < -0.4 is 10.1 Å². The van der Waals surface area contributed by atoms with E-state index in [4.69, 9.17) is 4.74 Å².